The Kier molecular flexibility index (Phi) is 10.1. The lowest BCUT2D eigenvalue weighted by molar-refractivity contribution is -0.183. The fourth-order valence-electron chi connectivity index (χ4n) is 4.35. The van der Waals surface area contributed by atoms with Crippen molar-refractivity contribution in [1.82, 2.24) is 0 Å². The van der Waals surface area contributed by atoms with Crippen LogP contribution in [0.5, 0.6) is 0 Å². The van der Waals surface area contributed by atoms with E-state index in [1.807, 2.05) is 0 Å². The van der Waals surface area contributed by atoms with Crippen LogP contribution in [0.25, 0.3) is 0 Å². The first-order valence-electron chi connectivity index (χ1n) is 13.2. The molecule has 4 aromatic carbocycles. The minimum atomic E-state index is -4.59. The van der Waals surface area contributed by atoms with E-state index in [1.165, 1.54) is 66.7 Å². The van der Waals surface area contributed by atoms with Gasteiger partial charge in [0.1, 0.15) is 6.29 Å². The third kappa shape index (κ3) is 7.86. The van der Waals surface area contributed by atoms with Crippen molar-refractivity contribution in [1.29, 1.82) is 0 Å². The maximum atomic E-state index is 13.0. The highest BCUT2D eigenvalue weighted by atomic mass is 19.4. The molecule has 5 nitrogen and oxygen atoms in total. The van der Waals surface area contributed by atoms with Crippen LogP contribution in [0.2, 0.25) is 0 Å². The summed E-state index contributed by atoms with van der Waals surface area (Å²) < 4.78 is 88.6. The molecule has 0 bridgehead atoms. The van der Waals surface area contributed by atoms with E-state index in [0.717, 1.165) is 30.2 Å². The minimum Gasteiger partial charge on any atom is -0.348 e. The first-order chi connectivity index (χ1) is 20.9. The SMILES string of the molecule is O=C(c1ccc(C2OCCCO2)cc1)c1ccccc1C(F)(F)F.O=Cc1ccc(C(=O)c2ccccc2C(F)(F)F)cc1. The minimum absolute atomic E-state index is 0.104. The Morgan fingerprint density at radius 3 is 1.43 bits per heavy atom. The van der Waals surface area contributed by atoms with Crippen molar-refractivity contribution in [2.45, 2.75) is 25.1 Å². The Hall–Kier alpha value is -4.61. The standard InChI is InChI=1S/C18H15F3O3.C15H9F3O2/c19-18(20,21)15-5-2-1-4-14(15)16(22)12-6-8-13(9-7-12)17-23-10-3-11-24-17;16-15(17,18)13-4-2-1-3-12(13)14(20)11-7-5-10(9-19)6-8-11/h1-2,4-9,17H,3,10-11H2;1-9H. The zero-order chi connectivity index (χ0) is 31.9. The summed E-state index contributed by atoms with van der Waals surface area (Å²) in [5, 5.41) is 0. The monoisotopic (exact) mass is 614 g/mol. The molecule has 4 aromatic rings. The van der Waals surface area contributed by atoms with Crippen molar-refractivity contribution < 1.29 is 50.2 Å². The first-order valence-corrected chi connectivity index (χ1v) is 13.2. The van der Waals surface area contributed by atoms with Gasteiger partial charge in [0.25, 0.3) is 0 Å². The molecule has 1 heterocycles. The Morgan fingerprint density at radius 1 is 0.614 bits per heavy atom. The highest BCUT2D eigenvalue weighted by molar-refractivity contribution is 6.10. The molecule has 0 saturated carbocycles. The summed E-state index contributed by atoms with van der Waals surface area (Å²) in [5.41, 5.74) is -1.29. The van der Waals surface area contributed by atoms with Gasteiger partial charge in [-0.3, -0.25) is 14.4 Å². The Morgan fingerprint density at radius 2 is 1.02 bits per heavy atom. The fourth-order valence-corrected chi connectivity index (χ4v) is 4.35. The molecule has 11 heteroatoms. The number of benzene rings is 4. The molecule has 1 fully saturated rings. The summed E-state index contributed by atoms with van der Waals surface area (Å²) in [7, 11) is 0. The summed E-state index contributed by atoms with van der Waals surface area (Å²) in [6.45, 7) is 1.18. The first kappa shape index (κ1) is 32.3. The molecule has 1 aliphatic heterocycles. The second-order valence-corrected chi connectivity index (χ2v) is 9.53. The van der Waals surface area contributed by atoms with Crippen molar-refractivity contribution in [3.8, 4) is 0 Å². The smallest absolute Gasteiger partial charge is 0.348 e. The Labute approximate surface area is 248 Å². The lowest BCUT2D eigenvalue weighted by Crippen LogP contribution is -2.18. The van der Waals surface area contributed by atoms with Gasteiger partial charge < -0.3 is 9.47 Å². The summed E-state index contributed by atoms with van der Waals surface area (Å²) in [6, 6.07) is 21.1. The molecule has 0 aliphatic carbocycles. The zero-order valence-corrected chi connectivity index (χ0v) is 22.8. The third-order valence-electron chi connectivity index (χ3n) is 6.54. The molecule has 0 N–H and O–H groups in total. The number of ether oxygens (including phenoxy) is 2. The molecule has 0 atom stereocenters. The van der Waals surface area contributed by atoms with Crippen molar-refractivity contribution in [2.75, 3.05) is 13.2 Å². The van der Waals surface area contributed by atoms with Crippen LogP contribution in [0.3, 0.4) is 0 Å². The Balaban J connectivity index is 0.000000204. The molecule has 5 rings (SSSR count). The van der Waals surface area contributed by atoms with E-state index in [0.29, 0.717) is 25.1 Å². The number of hydrogen-bond donors (Lipinski definition) is 0. The van der Waals surface area contributed by atoms with E-state index in [2.05, 4.69) is 0 Å². The van der Waals surface area contributed by atoms with E-state index in [4.69, 9.17) is 9.47 Å². The number of alkyl halides is 6. The average molecular weight is 615 g/mol. The van der Waals surface area contributed by atoms with Gasteiger partial charge in [-0.05, 0) is 18.6 Å². The van der Waals surface area contributed by atoms with Crippen LogP contribution in [0.1, 0.15) is 71.6 Å². The number of hydrogen-bond acceptors (Lipinski definition) is 5. The zero-order valence-electron chi connectivity index (χ0n) is 22.8. The van der Waals surface area contributed by atoms with Gasteiger partial charge in [0.2, 0.25) is 0 Å². The number of carbonyl (C=O) groups is 3. The largest absolute Gasteiger partial charge is 0.417 e. The highest BCUT2D eigenvalue weighted by Gasteiger charge is 2.36. The third-order valence-corrected chi connectivity index (χ3v) is 6.54. The summed E-state index contributed by atoms with van der Waals surface area (Å²) >= 11 is 0. The summed E-state index contributed by atoms with van der Waals surface area (Å²) in [5.74, 6) is -1.39. The van der Waals surface area contributed by atoms with E-state index < -0.39 is 46.9 Å². The van der Waals surface area contributed by atoms with Gasteiger partial charge in [-0.1, -0.05) is 84.9 Å². The van der Waals surface area contributed by atoms with Crippen LogP contribution in [0.4, 0.5) is 26.3 Å². The molecule has 0 unspecified atom stereocenters. The normalized spacial score (nSPS) is 13.9. The summed E-state index contributed by atoms with van der Waals surface area (Å²) in [6.07, 6.45) is -8.24. The van der Waals surface area contributed by atoms with Gasteiger partial charge >= 0.3 is 12.4 Å². The molecule has 1 aliphatic rings. The average Bonchev–Trinajstić information content (AvgIpc) is 3.04. The molecule has 0 aromatic heterocycles. The van der Waals surface area contributed by atoms with Crippen LogP contribution in [0.15, 0.2) is 97.1 Å². The van der Waals surface area contributed by atoms with Gasteiger partial charge in [-0.15, -0.1) is 0 Å². The topological polar surface area (TPSA) is 69.7 Å². The van der Waals surface area contributed by atoms with Crippen molar-refractivity contribution >= 4 is 17.9 Å². The number of rotatable bonds is 6. The molecular weight excluding hydrogens is 590 g/mol. The van der Waals surface area contributed by atoms with Gasteiger partial charge in [0.15, 0.2) is 17.9 Å². The van der Waals surface area contributed by atoms with Gasteiger partial charge in [-0.25, -0.2) is 0 Å². The fraction of sp³-hybridized carbons (Fsp3) is 0.182. The summed E-state index contributed by atoms with van der Waals surface area (Å²) in [4.78, 5) is 35.1. The van der Waals surface area contributed by atoms with Crippen LogP contribution in [0, 0.1) is 0 Å². The molecule has 1 saturated heterocycles. The van der Waals surface area contributed by atoms with E-state index in [1.54, 1.807) is 12.1 Å². The molecule has 0 spiro atoms. The second-order valence-electron chi connectivity index (χ2n) is 9.53. The number of aldehydes is 1. The van der Waals surface area contributed by atoms with Crippen LogP contribution in [-0.2, 0) is 21.8 Å². The second kappa shape index (κ2) is 13.8. The van der Waals surface area contributed by atoms with E-state index in [9.17, 15) is 40.7 Å². The maximum Gasteiger partial charge on any atom is 0.417 e. The molecule has 0 radical (unpaired) electrons. The number of ketones is 2. The molecule has 228 valence electrons. The molecule has 44 heavy (non-hydrogen) atoms. The quantitative estimate of drug-likeness (QED) is 0.125. The maximum absolute atomic E-state index is 13.0. The highest BCUT2D eigenvalue weighted by Crippen LogP contribution is 2.34. The van der Waals surface area contributed by atoms with Crippen LogP contribution >= 0.6 is 0 Å². The van der Waals surface area contributed by atoms with Gasteiger partial charge in [-0.2, -0.15) is 26.3 Å². The van der Waals surface area contributed by atoms with Crippen LogP contribution in [-0.4, -0.2) is 31.1 Å². The predicted molar refractivity (Wildman–Crippen MR) is 147 cm³/mol. The van der Waals surface area contributed by atoms with Crippen LogP contribution < -0.4 is 0 Å². The molecule has 0 amide bonds. The lowest BCUT2D eigenvalue weighted by Gasteiger charge is -2.23. The van der Waals surface area contributed by atoms with Crippen molar-refractivity contribution in [2.24, 2.45) is 0 Å². The lowest BCUT2D eigenvalue weighted by atomic mass is 9.97. The van der Waals surface area contributed by atoms with Gasteiger partial charge in [0.05, 0.1) is 24.3 Å². The van der Waals surface area contributed by atoms with E-state index >= 15 is 0 Å². The van der Waals surface area contributed by atoms with E-state index in [-0.39, 0.29) is 16.7 Å². The van der Waals surface area contributed by atoms with Gasteiger partial charge in [0, 0.05) is 33.4 Å². The number of carbonyl (C=O) groups excluding carboxylic acids is 3. The predicted octanol–water partition coefficient (Wildman–Crippen LogP) is 8.12. The molecular formula is C33H24F6O5. The Bertz CT molecular complexity index is 1600. The number of halogens is 6. The van der Waals surface area contributed by atoms with Crippen molar-refractivity contribution in [3.05, 3.63) is 142 Å². The van der Waals surface area contributed by atoms with Crippen molar-refractivity contribution in [3.63, 3.8) is 0 Å².